The van der Waals surface area contributed by atoms with E-state index in [-0.39, 0.29) is 29.1 Å². The number of aromatic nitrogens is 3. The minimum absolute atomic E-state index is 0.0295. The number of nitrogens with one attached hydrogen (secondary N) is 2. The van der Waals surface area contributed by atoms with Gasteiger partial charge in [0.05, 0.1) is 5.69 Å². The minimum atomic E-state index is -0.253. The van der Waals surface area contributed by atoms with Crippen LogP contribution in [-0.4, -0.2) is 58.6 Å². The number of carbonyl (C=O) groups excluding carboxylic acids is 2. The number of nitrogens with zero attached hydrogens (tertiary/aromatic N) is 5. The Bertz CT molecular complexity index is 1390. The molecular formula is C25H28N8O2. The summed E-state index contributed by atoms with van der Waals surface area (Å²) in [5.74, 6) is 0.737. The Morgan fingerprint density at radius 2 is 2.00 bits per heavy atom. The van der Waals surface area contributed by atoms with Gasteiger partial charge >= 0.3 is 0 Å². The van der Waals surface area contributed by atoms with E-state index in [4.69, 9.17) is 5.73 Å². The van der Waals surface area contributed by atoms with E-state index in [1.165, 1.54) is 0 Å². The second-order valence-electron chi connectivity index (χ2n) is 9.65. The number of amides is 2. The van der Waals surface area contributed by atoms with Gasteiger partial charge in [0.2, 0.25) is 5.91 Å². The first kappa shape index (κ1) is 22.7. The van der Waals surface area contributed by atoms with Crippen LogP contribution >= 0.6 is 0 Å². The van der Waals surface area contributed by atoms with E-state index in [2.05, 4.69) is 37.6 Å². The number of nitrogens with two attached hydrogens (primary N) is 1. The molecule has 0 bridgehead atoms. The Morgan fingerprint density at radius 3 is 2.69 bits per heavy atom. The highest BCUT2D eigenvalue weighted by Crippen LogP contribution is 2.52. The number of hydrogen-bond donors (Lipinski definition) is 3. The number of nitrogen functional groups attached to an aromatic ring is 1. The molecule has 1 aliphatic heterocycles. The fourth-order valence-corrected chi connectivity index (χ4v) is 4.91. The van der Waals surface area contributed by atoms with E-state index < -0.39 is 0 Å². The second-order valence-corrected chi connectivity index (χ2v) is 9.65. The zero-order valence-electron chi connectivity index (χ0n) is 20.2. The molecule has 1 saturated carbocycles. The Balaban J connectivity index is 1.38. The van der Waals surface area contributed by atoms with Crippen LogP contribution in [0.25, 0.3) is 22.0 Å². The van der Waals surface area contributed by atoms with Gasteiger partial charge in [-0.1, -0.05) is 6.92 Å². The summed E-state index contributed by atoms with van der Waals surface area (Å²) in [4.78, 5) is 38.0. The maximum Gasteiger partial charge on any atom is 0.269 e. The lowest BCUT2D eigenvalue weighted by molar-refractivity contribution is -0.117. The van der Waals surface area contributed by atoms with E-state index in [9.17, 15) is 9.59 Å². The van der Waals surface area contributed by atoms with Crippen molar-refractivity contribution in [3.8, 4) is 11.3 Å². The second kappa shape index (κ2) is 8.30. The van der Waals surface area contributed by atoms with Crippen LogP contribution in [0.15, 0.2) is 35.7 Å². The van der Waals surface area contributed by atoms with Crippen molar-refractivity contribution < 1.29 is 9.59 Å². The Morgan fingerprint density at radius 1 is 1.20 bits per heavy atom. The average molecular weight is 473 g/mol. The monoisotopic (exact) mass is 472 g/mol. The van der Waals surface area contributed by atoms with Gasteiger partial charge in [0.25, 0.3) is 5.91 Å². The maximum atomic E-state index is 12.9. The third-order valence-corrected chi connectivity index (χ3v) is 6.94. The summed E-state index contributed by atoms with van der Waals surface area (Å²) < 4.78 is 0. The molecule has 35 heavy (non-hydrogen) atoms. The van der Waals surface area contributed by atoms with E-state index >= 15 is 0 Å². The lowest BCUT2D eigenvalue weighted by atomic mass is 9.85. The smallest absolute Gasteiger partial charge is 0.269 e. The highest BCUT2D eigenvalue weighted by molar-refractivity contribution is 5.99. The van der Waals surface area contributed by atoms with Gasteiger partial charge < -0.3 is 16.4 Å². The molecule has 3 aromatic rings. The molecule has 1 aliphatic carbocycles. The fourth-order valence-electron chi connectivity index (χ4n) is 4.91. The Hall–Kier alpha value is -4.08. The summed E-state index contributed by atoms with van der Waals surface area (Å²) in [7, 11) is 3.51. The minimum Gasteiger partial charge on any atom is -0.383 e. The van der Waals surface area contributed by atoms with Crippen LogP contribution in [0.5, 0.6) is 0 Å². The van der Waals surface area contributed by atoms with Crippen LogP contribution in [0.2, 0.25) is 0 Å². The Labute approximate surface area is 203 Å². The third-order valence-electron chi connectivity index (χ3n) is 6.94. The van der Waals surface area contributed by atoms with Gasteiger partial charge in [0.15, 0.2) is 0 Å². The van der Waals surface area contributed by atoms with E-state index in [1.54, 1.807) is 31.6 Å². The number of hydrogen-bond acceptors (Lipinski definition) is 8. The third kappa shape index (κ3) is 4.16. The molecule has 180 valence electrons. The number of fused-ring (bicyclic) bond motifs is 1. The van der Waals surface area contributed by atoms with Gasteiger partial charge in [-0.3, -0.25) is 19.6 Å². The normalized spacial score (nSPS) is 22.9. The highest BCUT2D eigenvalue weighted by Gasteiger charge is 2.54. The van der Waals surface area contributed by atoms with Gasteiger partial charge in [-0.15, -0.1) is 0 Å². The van der Waals surface area contributed by atoms with Gasteiger partial charge in [0.1, 0.15) is 17.3 Å². The van der Waals surface area contributed by atoms with Gasteiger partial charge in [-0.25, -0.2) is 9.97 Å². The maximum absolute atomic E-state index is 12.9. The van der Waals surface area contributed by atoms with E-state index in [0.717, 1.165) is 29.5 Å². The molecule has 0 spiro atoms. The molecule has 3 atom stereocenters. The lowest BCUT2D eigenvalue weighted by Crippen LogP contribution is -2.29. The van der Waals surface area contributed by atoms with Crippen LogP contribution in [0.3, 0.4) is 0 Å². The highest BCUT2D eigenvalue weighted by atomic mass is 16.2. The van der Waals surface area contributed by atoms with Crippen molar-refractivity contribution in [2.45, 2.75) is 20.3 Å². The fraction of sp³-hybridized carbons (Fsp3) is 0.360. The summed E-state index contributed by atoms with van der Waals surface area (Å²) in [5.41, 5.74) is 8.73. The number of carbonyl (C=O) groups is 2. The largest absolute Gasteiger partial charge is 0.383 e. The first-order valence-electron chi connectivity index (χ1n) is 11.5. The van der Waals surface area contributed by atoms with E-state index in [1.807, 2.05) is 31.3 Å². The number of pyridine rings is 3. The van der Waals surface area contributed by atoms with Crippen LogP contribution < -0.4 is 16.4 Å². The molecule has 3 aromatic heterocycles. The molecule has 0 saturated heterocycles. The van der Waals surface area contributed by atoms with Gasteiger partial charge in [-0.2, -0.15) is 5.10 Å². The molecule has 2 amide bonds. The SMILES string of the molecule is CNC(=O)c1cc(C)c(-c2cc3cc(NC(=O)[C@H]4C[C@@H]4C4(C)C=NN(C)C4)ncc3c(N)n2)cn1. The van der Waals surface area contributed by atoms with Crippen molar-refractivity contribution in [3.63, 3.8) is 0 Å². The zero-order valence-corrected chi connectivity index (χ0v) is 20.2. The van der Waals surface area contributed by atoms with Gasteiger partial charge in [0, 0.05) is 61.5 Å². The first-order chi connectivity index (χ1) is 16.7. The first-order valence-corrected chi connectivity index (χ1v) is 11.5. The van der Waals surface area contributed by atoms with Crippen molar-refractivity contribution in [1.82, 2.24) is 25.3 Å². The number of hydrazone groups is 1. The van der Waals surface area contributed by atoms with Gasteiger partial charge in [-0.05, 0) is 48.4 Å². The summed E-state index contributed by atoms with van der Waals surface area (Å²) in [5, 5.41) is 13.3. The average Bonchev–Trinajstić information content (AvgIpc) is 3.57. The van der Waals surface area contributed by atoms with Crippen molar-refractivity contribution >= 4 is 40.4 Å². The standard InChI is InChI=1S/C25H28N8O2/c1-13-5-20(24(35)27-3)28-9-16(13)19-6-14-7-21(29-10-17(14)22(26)31-19)32-23(34)15-8-18(15)25(2)11-30-33(4)12-25/h5-7,9-11,15,18H,8,12H2,1-4H3,(H2,26,31)(H,27,35)(H,29,32,34)/t15-,18-,25?/m0/s1. The lowest BCUT2D eigenvalue weighted by Gasteiger charge is -2.21. The quantitative estimate of drug-likeness (QED) is 0.518. The van der Waals surface area contributed by atoms with Crippen molar-refractivity contribution in [2.24, 2.45) is 22.4 Å². The zero-order chi connectivity index (χ0) is 24.9. The molecule has 2 aliphatic rings. The number of rotatable bonds is 5. The summed E-state index contributed by atoms with van der Waals surface area (Å²) in [6, 6.07) is 5.41. The molecule has 10 heteroatoms. The summed E-state index contributed by atoms with van der Waals surface area (Å²) >= 11 is 0. The molecule has 4 heterocycles. The molecule has 0 aromatic carbocycles. The van der Waals surface area contributed by atoms with Crippen LogP contribution in [0.1, 0.15) is 29.4 Å². The number of anilines is 2. The van der Waals surface area contributed by atoms with Crippen molar-refractivity contribution in [3.05, 3.63) is 41.9 Å². The molecule has 1 unspecified atom stereocenters. The molecule has 5 rings (SSSR count). The predicted octanol–water partition coefficient (Wildman–Crippen LogP) is 2.45. The van der Waals surface area contributed by atoms with Crippen molar-refractivity contribution in [2.75, 3.05) is 31.7 Å². The number of aryl methyl sites for hydroxylation is 1. The van der Waals surface area contributed by atoms with E-state index in [0.29, 0.717) is 28.4 Å². The van der Waals surface area contributed by atoms with Crippen LogP contribution in [0.4, 0.5) is 11.6 Å². The molecule has 1 fully saturated rings. The summed E-state index contributed by atoms with van der Waals surface area (Å²) in [6.07, 6.45) is 6.06. The predicted molar refractivity (Wildman–Crippen MR) is 135 cm³/mol. The molecule has 0 radical (unpaired) electrons. The van der Waals surface area contributed by atoms with Crippen molar-refractivity contribution in [1.29, 1.82) is 0 Å². The van der Waals surface area contributed by atoms with Crippen LogP contribution in [0, 0.1) is 24.2 Å². The Kier molecular flexibility index (Phi) is 5.38. The molecular weight excluding hydrogens is 444 g/mol. The molecule has 10 nitrogen and oxygen atoms in total. The topological polar surface area (TPSA) is 138 Å². The van der Waals surface area contributed by atoms with Crippen LogP contribution in [-0.2, 0) is 4.79 Å². The molecule has 4 N–H and O–H groups in total. The summed E-state index contributed by atoms with van der Waals surface area (Å²) in [6.45, 7) is 4.87.